The molecule has 0 N–H and O–H groups in total. The molecule has 0 bridgehead atoms. The maximum atomic E-state index is 6.19. The Kier molecular flexibility index (Phi) is 8.76. The molecule has 11 aromatic rings. The quantitative estimate of drug-likeness (QED) is 0.152. The lowest BCUT2D eigenvalue weighted by atomic mass is 9.67. The largest absolute Gasteiger partial charge is 0.456 e. The van der Waals surface area contributed by atoms with Crippen LogP contribution >= 0.6 is 0 Å². The molecule has 2 heteroatoms. The van der Waals surface area contributed by atoms with Gasteiger partial charge in [-0.05, 0) is 116 Å². The Morgan fingerprint density at radius 3 is 1.62 bits per heavy atom. The zero-order valence-electron chi connectivity index (χ0n) is 34.5. The summed E-state index contributed by atoms with van der Waals surface area (Å²) in [5.41, 5.74) is 19.1. The third kappa shape index (κ3) is 6.02. The van der Waals surface area contributed by atoms with Crippen LogP contribution in [0.2, 0.25) is 0 Å². The number of anilines is 3. The first-order valence-electron chi connectivity index (χ1n) is 21.7. The Morgan fingerprint density at radius 1 is 0.302 bits per heavy atom. The summed E-state index contributed by atoms with van der Waals surface area (Å²) in [5, 5.41) is 2.26. The molecule has 1 aromatic heterocycles. The molecule has 0 unspecified atom stereocenters. The average molecular weight is 804 g/mol. The van der Waals surface area contributed by atoms with Crippen molar-refractivity contribution in [2.45, 2.75) is 5.41 Å². The summed E-state index contributed by atoms with van der Waals surface area (Å²) in [7, 11) is 0. The van der Waals surface area contributed by atoms with Crippen LogP contribution in [0.5, 0.6) is 0 Å². The lowest BCUT2D eigenvalue weighted by Crippen LogP contribution is -2.28. The average Bonchev–Trinajstić information content (AvgIpc) is 3.88. The van der Waals surface area contributed by atoms with Gasteiger partial charge in [-0.2, -0.15) is 0 Å². The summed E-state index contributed by atoms with van der Waals surface area (Å²) in [6.07, 6.45) is 0. The number of hydrogen-bond donors (Lipinski definition) is 0. The van der Waals surface area contributed by atoms with E-state index in [0.717, 1.165) is 61.3 Å². The van der Waals surface area contributed by atoms with Gasteiger partial charge in [-0.15, -0.1) is 0 Å². The van der Waals surface area contributed by atoms with Gasteiger partial charge in [0.25, 0.3) is 0 Å². The number of para-hydroxylation sites is 2. The molecule has 10 aromatic carbocycles. The molecule has 0 radical (unpaired) electrons. The van der Waals surface area contributed by atoms with E-state index in [1.54, 1.807) is 0 Å². The number of nitrogens with zero attached hydrogens (tertiary/aromatic N) is 1. The minimum Gasteiger partial charge on any atom is -0.456 e. The van der Waals surface area contributed by atoms with Crippen LogP contribution in [0.25, 0.3) is 66.4 Å². The Morgan fingerprint density at radius 2 is 0.841 bits per heavy atom. The van der Waals surface area contributed by atoms with Crippen molar-refractivity contribution in [3.63, 3.8) is 0 Å². The van der Waals surface area contributed by atoms with Crippen LogP contribution in [-0.2, 0) is 5.41 Å². The van der Waals surface area contributed by atoms with Gasteiger partial charge >= 0.3 is 0 Å². The van der Waals surface area contributed by atoms with Gasteiger partial charge in [0.2, 0.25) is 0 Å². The van der Waals surface area contributed by atoms with Crippen LogP contribution in [0.1, 0.15) is 22.3 Å². The van der Waals surface area contributed by atoms with E-state index in [9.17, 15) is 0 Å². The van der Waals surface area contributed by atoms with Gasteiger partial charge in [0.05, 0.1) is 11.1 Å². The van der Waals surface area contributed by atoms with Crippen LogP contribution in [-0.4, -0.2) is 0 Å². The molecule has 2 nitrogen and oxygen atoms in total. The first kappa shape index (κ1) is 36.6. The van der Waals surface area contributed by atoms with Crippen molar-refractivity contribution < 1.29 is 4.42 Å². The molecule has 296 valence electrons. The molecule has 63 heavy (non-hydrogen) atoms. The molecule has 0 atom stereocenters. The second kappa shape index (κ2) is 15.1. The number of fused-ring (bicyclic) bond motifs is 6. The monoisotopic (exact) mass is 803 g/mol. The minimum absolute atomic E-state index is 0.528. The summed E-state index contributed by atoms with van der Waals surface area (Å²) in [4.78, 5) is 2.45. The molecule has 1 aliphatic rings. The van der Waals surface area contributed by atoms with Gasteiger partial charge < -0.3 is 9.32 Å². The van der Waals surface area contributed by atoms with E-state index < -0.39 is 5.41 Å². The Balaban J connectivity index is 1.07. The fraction of sp³-hybridized carbons (Fsp3) is 0.0164. The third-order valence-electron chi connectivity index (χ3n) is 13.0. The molecule has 0 fully saturated rings. The molecule has 0 spiro atoms. The number of benzene rings is 10. The fourth-order valence-electron chi connectivity index (χ4n) is 10.1. The molecule has 1 aliphatic carbocycles. The predicted octanol–water partition coefficient (Wildman–Crippen LogP) is 16.4. The lowest BCUT2D eigenvalue weighted by Gasteiger charge is -2.35. The molecule has 0 aliphatic heterocycles. The smallest absolute Gasteiger partial charge is 0.135 e. The number of furan rings is 1. The zero-order chi connectivity index (χ0) is 41.7. The molecule has 12 rings (SSSR count). The van der Waals surface area contributed by atoms with E-state index in [1.807, 2.05) is 12.1 Å². The lowest BCUT2D eigenvalue weighted by molar-refractivity contribution is 0.669. The van der Waals surface area contributed by atoms with Crippen LogP contribution in [0.15, 0.2) is 253 Å². The van der Waals surface area contributed by atoms with Crippen LogP contribution in [0.3, 0.4) is 0 Å². The van der Waals surface area contributed by atoms with Crippen LogP contribution in [0, 0.1) is 0 Å². The van der Waals surface area contributed by atoms with Crippen LogP contribution < -0.4 is 4.90 Å². The van der Waals surface area contributed by atoms with Crippen molar-refractivity contribution >= 4 is 39.0 Å². The SMILES string of the molecule is c1ccc(-c2cccc(-c3ccccc3N(c3ccc(-c4ccc5oc6ccccc6c5c4)cc3)c3ccc4c(c3)C(c3ccccc3)(c3ccccc3)c3ccccc3-4)c2)cc1. The predicted molar refractivity (Wildman–Crippen MR) is 262 cm³/mol. The Bertz CT molecular complexity index is 3400. The van der Waals surface area contributed by atoms with Gasteiger partial charge in [-0.25, -0.2) is 0 Å². The van der Waals surface area contributed by atoms with Gasteiger partial charge in [0.1, 0.15) is 11.2 Å². The molecule has 0 amide bonds. The van der Waals surface area contributed by atoms with E-state index in [-0.39, 0.29) is 0 Å². The summed E-state index contributed by atoms with van der Waals surface area (Å²) in [5.74, 6) is 0. The van der Waals surface area contributed by atoms with Gasteiger partial charge in [0, 0.05) is 27.7 Å². The Labute approximate surface area is 367 Å². The van der Waals surface area contributed by atoms with Crippen molar-refractivity contribution in [1.29, 1.82) is 0 Å². The Hall–Kier alpha value is -8.20. The van der Waals surface area contributed by atoms with E-state index >= 15 is 0 Å². The standard InChI is InChI=1S/C61H41NO/c1-4-17-42(18-5-1)44-19-16-20-46(39-44)51-25-11-14-29-58(51)62(49-34-31-43(32-35-49)45-33-38-60-55(40-45)54-27-12-15-30-59(54)63-60)50-36-37-53-52-26-10-13-28-56(52)61(57(53)41-50,47-21-6-2-7-22-47)48-23-8-3-9-24-48/h1-41H. The maximum Gasteiger partial charge on any atom is 0.135 e. The zero-order valence-corrected chi connectivity index (χ0v) is 34.5. The molecular weight excluding hydrogens is 763 g/mol. The highest BCUT2D eigenvalue weighted by Crippen LogP contribution is 2.57. The topological polar surface area (TPSA) is 16.4 Å². The van der Waals surface area contributed by atoms with Gasteiger partial charge in [0.15, 0.2) is 0 Å². The summed E-state index contributed by atoms with van der Waals surface area (Å²) in [6.45, 7) is 0. The van der Waals surface area contributed by atoms with Crippen molar-refractivity contribution in [2.75, 3.05) is 4.90 Å². The molecular formula is C61H41NO. The second-order valence-corrected chi connectivity index (χ2v) is 16.4. The van der Waals surface area contributed by atoms with E-state index in [0.29, 0.717) is 0 Å². The van der Waals surface area contributed by atoms with E-state index in [2.05, 4.69) is 241 Å². The highest BCUT2D eigenvalue weighted by molar-refractivity contribution is 6.06. The number of hydrogen-bond acceptors (Lipinski definition) is 2. The van der Waals surface area contributed by atoms with Crippen molar-refractivity contribution in [3.8, 4) is 44.5 Å². The first-order valence-corrected chi connectivity index (χ1v) is 21.7. The van der Waals surface area contributed by atoms with Crippen molar-refractivity contribution in [3.05, 3.63) is 271 Å². The van der Waals surface area contributed by atoms with E-state index in [4.69, 9.17) is 4.42 Å². The van der Waals surface area contributed by atoms with Crippen molar-refractivity contribution in [1.82, 2.24) is 0 Å². The van der Waals surface area contributed by atoms with E-state index in [1.165, 1.54) is 44.5 Å². The molecule has 0 saturated heterocycles. The fourth-order valence-corrected chi connectivity index (χ4v) is 10.1. The first-order chi connectivity index (χ1) is 31.2. The van der Waals surface area contributed by atoms with Gasteiger partial charge in [-0.3, -0.25) is 0 Å². The summed E-state index contributed by atoms with van der Waals surface area (Å²) < 4.78 is 6.19. The van der Waals surface area contributed by atoms with Gasteiger partial charge in [-0.1, -0.05) is 194 Å². The molecule has 1 heterocycles. The second-order valence-electron chi connectivity index (χ2n) is 16.4. The van der Waals surface area contributed by atoms with Crippen LogP contribution in [0.4, 0.5) is 17.1 Å². The normalized spacial score (nSPS) is 12.6. The third-order valence-corrected chi connectivity index (χ3v) is 13.0. The number of rotatable bonds is 8. The summed E-state index contributed by atoms with van der Waals surface area (Å²) >= 11 is 0. The van der Waals surface area contributed by atoms with Crippen molar-refractivity contribution in [2.24, 2.45) is 0 Å². The summed E-state index contributed by atoms with van der Waals surface area (Å²) in [6, 6.07) is 90.4. The highest BCUT2D eigenvalue weighted by Gasteiger charge is 2.46. The highest BCUT2D eigenvalue weighted by atomic mass is 16.3. The minimum atomic E-state index is -0.528. The maximum absolute atomic E-state index is 6.19. The molecule has 0 saturated carbocycles.